The van der Waals surface area contributed by atoms with Gasteiger partial charge in [0.1, 0.15) is 5.82 Å². The second-order valence-corrected chi connectivity index (χ2v) is 13.7. The first kappa shape index (κ1) is 34.4. The Bertz CT molecular complexity index is 2230. The van der Waals surface area contributed by atoms with Crippen molar-refractivity contribution in [3.05, 3.63) is 132 Å². The molecule has 0 radical (unpaired) electrons. The molecule has 0 bridgehead atoms. The van der Waals surface area contributed by atoms with E-state index < -0.39 is 0 Å². The number of hydrogen-bond acceptors (Lipinski definition) is 3. The molecule has 0 aliphatic heterocycles. The quantitative estimate of drug-likeness (QED) is 0.136. The predicted molar refractivity (Wildman–Crippen MR) is 197 cm³/mol. The smallest absolute Gasteiger partial charge is 0.509 e. The molecule has 0 atom stereocenters. The topological polar surface area (TPSA) is 44.9 Å². The third-order valence-corrected chi connectivity index (χ3v) is 8.98. The first-order valence-electron chi connectivity index (χ1n) is 17.0. The summed E-state index contributed by atoms with van der Waals surface area (Å²) in [4.78, 5) is 4.70. The van der Waals surface area contributed by atoms with E-state index in [0.29, 0.717) is 11.5 Å². The van der Waals surface area contributed by atoms with Gasteiger partial charge in [0.25, 0.3) is 0 Å². The standard InChI is InChI=1S/C43H42N4O.Pt/c1-7-12-30-23-33(43(4,5)6)24-31(13-8-2)42(30)32-27-45-46(28-32)34-14-11-15-35(25-34)48-36-18-19-38-37-16-9-10-17-39(37)47(40(38)26-36)41-22-29(3)20-21-44-41;/h9-11,14-24,27-28H,7-8,12-13H2,1-6H3;/q-2;+2. The molecule has 7 aromatic rings. The maximum absolute atomic E-state index is 6.41. The van der Waals surface area contributed by atoms with E-state index in [1.165, 1.54) is 22.3 Å². The minimum atomic E-state index is 0. The molecule has 3 aromatic heterocycles. The summed E-state index contributed by atoms with van der Waals surface area (Å²) in [5.41, 5.74) is 10.7. The van der Waals surface area contributed by atoms with E-state index in [2.05, 4.69) is 113 Å². The van der Waals surface area contributed by atoms with E-state index in [1.54, 1.807) is 0 Å². The summed E-state index contributed by atoms with van der Waals surface area (Å²) in [5.74, 6) is 2.07. The van der Waals surface area contributed by atoms with Crippen LogP contribution in [0.15, 0.2) is 97.5 Å². The fraction of sp³-hybridized carbons (Fsp3) is 0.256. The Kier molecular flexibility index (Phi) is 9.95. The number of benzene rings is 4. The predicted octanol–water partition coefficient (Wildman–Crippen LogP) is 10.9. The van der Waals surface area contributed by atoms with E-state index in [9.17, 15) is 0 Å². The van der Waals surface area contributed by atoms with Crippen LogP contribution in [-0.2, 0) is 39.3 Å². The van der Waals surface area contributed by atoms with Crippen molar-refractivity contribution in [3.63, 3.8) is 0 Å². The van der Waals surface area contributed by atoms with Gasteiger partial charge in [-0.3, -0.25) is 4.68 Å². The summed E-state index contributed by atoms with van der Waals surface area (Å²) < 4.78 is 10.5. The summed E-state index contributed by atoms with van der Waals surface area (Å²) in [5, 5.41) is 7.07. The second kappa shape index (κ2) is 14.2. The van der Waals surface area contributed by atoms with Crippen LogP contribution in [0.2, 0.25) is 0 Å². The maximum Gasteiger partial charge on any atom is 2.00 e. The van der Waals surface area contributed by atoms with Crippen LogP contribution in [0.25, 0.3) is 44.4 Å². The van der Waals surface area contributed by atoms with E-state index in [1.807, 2.05) is 47.4 Å². The summed E-state index contributed by atoms with van der Waals surface area (Å²) in [7, 11) is 0. The van der Waals surface area contributed by atoms with Crippen molar-refractivity contribution in [2.45, 2.75) is 72.6 Å². The summed E-state index contributed by atoms with van der Waals surface area (Å²) in [6.07, 6.45) is 10.2. The third kappa shape index (κ3) is 6.87. The molecular weight excluding hydrogens is 784 g/mol. The van der Waals surface area contributed by atoms with Crippen molar-refractivity contribution in [2.24, 2.45) is 0 Å². The number of aromatic nitrogens is 4. The van der Waals surface area contributed by atoms with Gasteiger partial charge in [0.15, 0.2) is 0 Å². The molecule has 7 rings (SSSR count). The van der Waals surface area contributed by atoms with Gasteiger partial charge in [0, 0.05) is 35.0 Å². The molecule has 0 aliphatic carbocycles. The van der Waals surface area contributed by atoms with Gasteiger partial charge in [-0.1, -0.05) is 83.3 Å². The molecule has 5 nitrogen and oxygen atoms in total. The molecular formula is C43H42N4OPt. The molecule has 0 spiro atoms. The summed E-state index contributed by atoms with van der Waals surface area (Å²) in [6, 6.07) is 34.3. The normalized spacial score (nSPS) is 11.6. The summed E-state index contributed by atoms with van der Waals surface area (Å²) >= 11 is 0. The van der Waals surface area contributed by atoms with Gasteiger partial charge in [0.05, 0.1) is 6.20 Å². The van der Waals surface area contributed by atoms with Crippen molar-refractivity contribution < 1.29 is 25.8 Å². The van der Waals surface area contributed by atoms with Crippen molar-refractivity contribution in [2.75, 3.05) is 0 Å². The molecule has 3 heterocycles. The molecule has 0 amide bonds. The van der Waals surface area contributed by atoms with Crippen molar-refractivity contribution in [1.82, 2.24) is 19.3 Å². The minimum Gasteiger partial charge on any atom is -0.509 e. The molecule has 0 unspecified atom stereocenters. The van der Waals surface area contributed by atoms with Crippen LogP contribution in [-0.4, -0.2) is 19.3 Å². The number of aryl methyl sites for hydroxylation is 3. The first-order valence-corrected chi connectivity index (χ1v) is 17.0. The Balaban J connectivity index is 0.00000417. The van der Waals surface area contributed by atoms with Crippen LogP contribution < -0.4 is 4.74 Å². The van der Waals surface area contributed by atoms with E-state index in [0.717, 1.165) is 70.1 Å². The average Bonchev–Trinajstić information content (AvgIpc) is 3.68. The largest absolute Gasteiger partial charge is 2.00 e. The number of para-hydroxylation sites is 1. The number of nitrogens with zero attached hydrogens (tertiary/aromatic N) is 4. The van der Waals surface area contributed by atoms with Crippen LogP contribution in [0.1, 0.15) is 69.7 Å². The van der Waals surface area contributed by atoms with Gasteiger partial charge in [-0.15, -0.1) is 35.7 Å². The molecule has 0 saturated carbocycles. The van der Waals surface area contributed by atoms with Crippen LogP contribution in [0.4, 0.5) is 0 Å². The number of rotatable bonds is 9. The molecule has 0 N–H and O–H groups in total. The molecule has 6 heteroatoms. The number of fused-ring (bicyclic) bond motifs is 3. The van der Waals surface area contributed by atoms with Crippen molar-refractivity contribution in [3.8, 4) is 34.1 Å². The fourth-order valence-corrected chi connectivity index (χ4v) is 6.65. The second-order valence-electron chi connectivity index (χ2n) is 13.7. The third-order valence-electron chi connectivity index (χ3n) is 8.98. The van der Waals surface area contributed by atoms with Crippen LogP contribution >= 0.6 is 0 Å². The number of ether oxygens (including phenoxy) is 1. The fourth-order valence-electron chi connectivity index (χ4n) is 6.65. The molecule has 0 fully saturated rings. The first-order chi connectivity index (χ1) is 23.2. The number of pyridine rings is 1. The Morgan fingerprint density at radius 3 is 2.24 bits per heavy atom. The van der Waals surface area contributed by atoms with Crippen LogP contribution in [0.5, 0.6) is 11.5 Å². The zero-order valence-corrected chi connectivity index (χ0v) is 31.4. The summed E-state index contributed by atoms with van der Waals surface area (Å²) in [6.45, 7) is 13.5. The van der Waals surface area contributed by atoms with E-state index >= 15 is 0 Å². The van der Waals surface area contributed by atoms with Gasteiger partial charge in [-0.05, 0) is 82.3 Å². The zero-order chi connectivity index (χ0) is 33.4. The Hall–Kier alpha value is -4.47. The SMILES string of the molecule is CCCc1cc(C(C)(C)C)cc(CCC)c1-c1cnn(-c2[c-]c(Oc3[c-]c4c(cc3)c3ccccc3n4-c3cc(C)ccn3)ccc2)c1.[Pt+2]. The van der Waals surface area contributed by atoms with Crippen molar-refractivity contribution in [1.29, 1.82) is 0 Å². The zero-order valence-electron chi connectivity index (χ0n) is 29.1. The van der Waals surface area contributed by atoms with E-state index in [-0.39, 0.29) is 26.5 Å². The van der Waals surface area contributed by atoms with Gasteiger partial charge >= 0.3 is 21.1 Å². The minimum absolute atomic E-state index is 0. The number of hydrogen-bond donors (Lipinski definition) is 0. The van der Waals surface area contributed by atoms with Gasteiger partial charge in [-0.2, -0.15) is 17.2 Å². The molecule has 49 heavy (non-hydrogen) atoms. The van der Waals surface area contributed by atoms with Crippen LogP contribution in [0, 0.1) is 19.1 Å². The Labute approximate surface area is 304 Å². The molecule has 0 aliphatic rings. The maximum atomic E-state index is 6.41. The average molecular weight is 826 g/mol. The molecule has 0 saturated heterocycles. The molecule has 4 aromatic carbocycles. The van der Waals surface area contributed by atoms with Gasteiger partial charge in [-0.25, -0.2) is 4.98 Å². The van der Waals surface area contributed by atoms with Crippen LogP contribution in [0.3, 0.4) is 0 Å². The van der Waals surface area contributed by atoms with E-state index in [4.69, 9.17) is 14.8 Å². The van der Waals surface area contributed by atoms with Gasteiger partial charge in [0.2, 0.25) is 0 Å². The van der Waals surface area contributed by atoms with Gasteiger partial charge < -0.3 is 9.30 Å². The Morgan fingerprint density at radius 1 is 0.796 bits per heavy atom. The monoisotopic (exact) mass is 825 g/mol. The van der Waals surface area contributed by atoms with Crippen molar-refractivity contribution >= 4 is 21.8 Å². The Morgan fingerprint density at radius 2 is 1.53 bits per heavy atom. The molecule has 250 valence electrons.